The third-order valence-electron chi connectivity index (χ3n) is 2.53. The highest BCUT2D eigenvalue weighted by atomic mass is 16.4. The minimum atomic E-state index is -0.994. The Labute approximate surface area is 104 Å². The topological polar surface area (TPSA) is 80.0 Å². The van der Waals surface area contributed by atoms with E-state index in [2.05, 4.69) is 15.4 Å². The van der Waals surface area contributed by atoms with Crippen molar-refractivity contribution in [2.45, 2.75) is 13.8 Å². The number of rotatable bonds is 3. The molecule has 0 radical (unpaired) electrons. The van der Waals surface area contributed by atoms with E-state index >= 15 is 0 Å². The number of anilines is 2. The number of aromatic carboxylic acids is 1. The second kappa shape index (κ2) is 4.48. The summed E-state index contributed by atoms with van der Waals surface area (Å²) in [5.41, 5.74) is 2.72. The van der Waals surface area contributed by atoms with Gasteiger partial charge in [-0.2, -0.15) is 5.10 Å². The quantitative estimate of drug-likeness (QED) is 0.864. The molecule has 0 fully saturated rings. The lowest BCUT2D eigenvalue weighted by molar-refractivity contribution is 0.0696. The Kier molecular flexibility index (Phi) is 3.01. The second-order valence-corrected chi connectivity index (χ2v) is 4.10. The van der Waals surface area contributed by atoms with Crippen LogP contribution >= 0.6 is 0 Å². The Bertz CT molecular complexity index is 604. The second-order valence-electron chi connectivity index (χ2n) is 4.10. The zero-order valence-corrected chi connectivity index (χ0v) is 10.4. The van der Waals surface area contributed by atoms with Crippen molar-refractivity contribution in [3.63, 3.8) is 0 Å². The van der Waals surface area contributed by atoms with Crippen molar-refractivity contribution in [1.29, 1.82) is 0 Å². The minimum Gasteiger partial charge on any atom is -0.478 e. The molecule has 0 amide bonds. The van der Waals surface area contributed by atoms with Gasteiger partial charge in [0.2, 0.25) is 0 Å². The maximum Gasteiger partial charge on any atom is 0.339 e. The van der Waals surface area contributed by atoms with Gasteiger partial charge in [0.15, 0.2) is 0 Å². The number of nitrogens with zero attached hydrogens (tertiary/aromatic N) is 3. The maximum atomic E-state index is 11.2. The number of hydrogen-bond acceptors (Lipinski definition) is 4. The largest absolute Gasteiger partial charge is 0.478 e. The predicted molar refractivity (Wildman–Crippen MR) is 67.2 cm³/mol. The summed E-state index contributed by atoms with van der Waals surface area (Å²) in [6.07, 6.45) is 3.41. The number of nitrogens with one attached hydrogen (secondary N) is 1. The number of carboxylic acid groups (broad SMARTS) is 1. The molecule has 2 aromatic rings. The Hall–Kier alpha value is -2.37. The molecule has 6 nitrogen and oxygen atoms in total. The molecule has 2 aromatic heterocycles. The van der Waals surface area contributed by atoms with E-state index in [1.807, 2.05) is 6.92 Å². The van der Waals surface area contributed by atoms with E-state index in [0.717, 1.165) is 11.4 Å². The molecule has 2 N–H and O–H groups in total. The van der Waals surface area contributed by atoms with E-state index in [0.29, 0.717) is 11.4 Å². The van der Waals surface area contributed by atoms with Gasteiger partial charge in [0, 0.05) is 18.9 Å². The molecule has 0 saturated carbocycles. The molecule has 0 aliphatic rings. The first-order chi connectivity index (χ1) is 8.47. The summed E-state index contributed by atoms with van der Waals surface area (Å²) in [4.78, 5) is 15.4. The third-order valence-corrected chi connectivity index (χ3v) is 2.53. The zero-order chi connectivity index (χ0) is 13.3. The number of aromatic nitrogens is 3. The summed E-state index contributed by atoms with van der Waals surface area (Å²) >= 11 is 0. The highest BCUT2D eigenvalue weighted by molar-refractivity contribution is 5.96. The molecular formula is C12H14N4O2. The van der Waals surface area contributed by atoms with Crippen LogP contribution in [0.15, 0.2) is 18.5 Å². The van der Waals surface area contributed by atoms with Gasteiger partial charge in [0.25, 0.3) is 0 Å². The summed E-state index contributed by atoms with van der Waals surface area (Å²) in [5, 5.41) is 16.3. The number of pyridine rings is 1. The van der Waals surface area contributed by atoms with Gasteiger partial charge in [-0.1, -0.05) is 0 Å². The summed E-state index contributed by atoms with van der Waals surface area (Å²) in [7, 11) is 1.80. The monoisotopic (exact) mass is 246 g/mol. The van der Waals surface area contributed by atoms with Crippen molar-refractivity contribution in [3.05, 3.63) is 35.4 Å². The van der Waals surface area contributed by atoms with Gasteiger partial charge >= 0.3 is 5.97 Å². The van der Waals surface area contributed by atoms with Crippen LogP contribution in [0.5, 0.6) is 0 Å². The van der Waals surface area contributed by atoms with E-state index in [1.54, 1.807) is 37.1 Å². The van der Waals surface area contributed by atoms with E-state index in [9.17, 15) is 9.90 Å². The molecule has 94 valence electrons. The molecule has 0 aliphatic heterocycles. The molecule has 0 aliphatic carbocycles. The number of carboxylic acids is 1. The van der Waals surface area contributed by atoms with Crippen molar-refractivity contribution in [2.24, 2.45) is 7.05 Å². The summed E-state index contributed by atoms with van der Waals surface area (Å²) in [6.45, 7) is 3.51. The number of aryl methyl sites for hydroxylation is 3. The molecule has 0 bridgehead atoms. The van der Waals surface area contributed by atoms with Gasteiger partial charge in [-0.25, -0.2) is 4.79 Å². The van der Waals surface area contributed by atoms with Crippen LogP contribution in [0.2, 0.25) is 0 Å². The fourth-order valence-electron chi connectivity index (χ4n) is 1.84. The van der Waals surface area contributed by atoms with E-state index in [1.165, 1.54) is 0 Å². The molecule has 6 heteroatoms. The van der Waals surface area contributed by atoms with Crippen LogP contribution in [0.3, 0.4) is 0 Å². The third kappa shape index (κ3) is 2.32. The normalized spacial score (nSPS) is 10.4. The Morgan fingerprint density at radius 1 is 1.44 bits per heavy atom. The average Bonchev–Trinajstić information content (AvgIpc) is 2.62. The van der Waals surface area contributed by atoms with Crippen LogP contribution in [0.1, 0.15) is 21.7 Å². The highest BCUT2D eigenvalue weighted by Crippen LogP contribution is 2.23. The van der Waals surface area contributed by atoms with Crippen molar-refractivity contribution < 1.29 is 9.90 Å². The van der Waals surface area contributed by atoms with Gasteiger partial charge in [-0.05, 0) is 19.9 Å². The summed E-state index contributed by atoms with van der Waals surface area (Å²) in [6, 6.07) is 1.71. The minimum absolute atomic E-state index is 0.185. The lowest BCUT2D eigenvalue weighted by Gasteiger charge is -2.10. The molecule has 0 saturated heterocycles. The fourth-order valence-corrected chi connectivity index (χ4v) is 1.84. The highest BCUT2D eigenvalue weighted by Gasteiger charge is 2.15. The van der Waals surface area contributed by atoms with Gasteiger partial charge in [-0.15, -0.1) is 0 Å². The molecule has 0 spiro atoms. The van der Waals surface area contributed by atoms with Crippen LogP contribution in [-0.2, 0) is 7.05 Å². The van der Waals surface area contributed by atoms with Crippen LogP contribution in [0, 0.1) is 13.8 Å². The van der Waals surface area contributed by atoms with Crippen molar-refractivity contribution in [2.75, 3.05) is 5.32 Å². The van der Waals surface area contributed by atoms with Crippen LogP contribution in [0.4, 0.5) is 11.4 Å². The summed E-state index contributed by atoms with van der Waals surface area (Å²) < 4.78 is 1.64. The first-order valence-electron chi connectivity index (χ1n) is 5.44. The van der Waals surface area contributed by atoms with Crippen molar-refractivity contribution >= 4 is 17.3 Å². The molecule has 2 heterocycles. The number of carbonyl (C=O) groups is 1. The lowest BCUT2D eigenvalue weighted by atomic mass is 10.1. The van der Waals surface area contributed by atoms with Crippen LogP contribution < -0.4 is 5.32 Å². The van der Waals surface area contributed by atoms with Crippen molar-refractivity contribution in [3.8, 4) is 0 Å². The standard InChI is InChI=1S/C12H14N4O2/c1-7-4-10(11(12(17)18)8(2)14-7)15-9-5-13-16(3)6-9/h4-6H,1-3H3,(H,14,15)(H,17,18). The smallest absolute Gasteiger partial charge is 0.339 e. The van der Waals surface area contributed by atoms with Gasteiger partial charge < -0.3 is 10.4 Å². The Morgan fingerprint density at radius 2 is 2.17 bits per heavy atom. The predicted octanol–water partition coefficient (Wildman–Crippen LogP) is 1.87. The zero-order valence-electron chi connectivity index (χ0n) is 10.4. The Morgan fingerprint density at radius 3 is 2.72 bits per heavy atom. The molecule has 18 heavy (non-hydrogen) atoms. The first kappa shape index (κ1) is 12.1. The number of hydrogen-bond donors (Lipinski definition) is 2. The average molecular weight is 246 g/mol. The molecule has 0 unspecified atom stereocenters. The lowest BCUT2D eigenvalue weighted by Crippen LogP contribution is -2.07. The van der Waals surface area contributed by atoms with Crippen molar-refractivity contribution in [1.82, 2.24) is 14.8 Å². The van der Waals surface area contributed by atoms with E-state index < -0.39 is 5.97 Å². The van der Waals surface area contributed by atoms with E-state index in [-0.39, 0.29) is 5.56 Å². The fraction of sp³-hybridized carbons (Fsp3) is 0.250. The van der Waals surface area contributed by atoms with Gasteiger partial charge in [0.1, 0.15) is 5.56 Å². The molecular weight excluding hydrogens is 232 g/mol. The molecule has 0 aromatic carbocycles. The van der Waals surface area contributed by atoms with Gasteiger partial charge in [-0.3, -0.25) is 9.67 Å². The van der Waals surface area contributed by atoms with Gasteiger partial charge in [0.05, 0.1) is 23.3 Å². The molecule has 0 atom stereocenters. The summed E-state index contributed by atoms with van der Waals surface area (Å²) in [5.74, 6) is -0.994. The maximum absolute atomic E-state index is 11.2. The molecule has 2 rings (SSSR count). The van der Waals surface area contributed by atoms with Crippen LogP contribution in [-0.4, -0.2) is 25.8 Å². The SMILES string of the molecule is Cc1cc(Nc2cnn(C)c2)c(C(=O)O)c(C)n1. The van der Waals surface area contributed by atoms with E-state index in [4.69, 9.17) is 0 Å². The first-order valence-corrected chi connectivity index (χ1v) is 5.44. The Balaban J connectivity index is 2.45. The van der Waals surface area contributed by atoms with Crippen LogP contribution in [0.25, 0.3) is 0 Å².